The zero-order valence-corrected chi connectivity index (χ0v) is 36.5. The molecule has 3 aliphatic rings. The fraction of sp³-hybridized carbons (Fsp3) is 0.362. The van der Waals surface area contributed by atoms with E-state index in [9.17, 15) is 23.9 Å². The summed E-state index contributed by atoms with van der Waals surface area (Å²) in [6.45, 7) is 6.51. The molecule has 10 rings (SSSR count). The minimum absolute atomic E-state index is 0.0958. The van der Waals surface area contributed by atoms with E-state index in [1.165, 1.54) is 12.7 Å². The minimum atomic E-state index is -0.830. The summed E-state index contributed by atoms with van der Waals surface area (Å²) in [7, 11) is 5.35. The second kappa shape index (κ2) is 17.1. The van der Waals surface area contributed by atoms with Gasteiger partial charge in [-0.1, -0.05) is 11.2 Å². The number of benzene rings is 3. The molecular formula is C47H51FN10O6. The molecule has 2 atom stereocenters. The lowest BCUT2D eigenvalue weighted by molar-refractivity contribution is -0.108. The summed E-state index contributed by atoms with van der Waals surface area (Å²) >= 11 is 0. The van der Waals surface area contributed by atoms with Gasteiger partial charge in [-0.3, -0.25) is 23.4 Å². The number of aromatic nitrogens is 7. The molecule has 2 fully saturated rings. The van der Waals surface area contributed by atoms with Crippen molar-refractivity contribution in [1.29, 1.82) is 0 Å². The van der Waals surface area contributed by atoms with Crippen molar-refractivity contribution in [2.24, 2.45) is 18.1 Å². The van der Waals surface area contributed by atoms with Gasteiger partial charge in [0.25, 0.3) is 0 Å². The lowest BCUT2D eigenvalue weighted by Gasteiger charge is -2.24. The lowest BCUT2D eigenvalue weighted by Crippen LogP contribution is -2.41. The van der Waals surface area contributed by atoms with Gasteiger partial charge in [0.05, 0.1) is 34.5 Å². The Balaban J connectivity index is 0.000000165. The number of aldehydes is 1. The molecule has 1 amide bonds. The maximum Gasteiger partial charge on any atom is 0.338 e. The van der Waals surface area contributed by atoms with Crippen LogP contribution in [0.15, 0.2) is 83.1 Å². The summed E-state index contributed by atoms with van der Waals surface area (Å²) < 4.78 is 28.6. The van der Waals surface area contributed by atoms with Crippen molar-refractivity contribution < 1.29 is 28.7 Å². The van der Waals surface area contributed by atoms with E-state index in [2.05, 4.69) is 39.7 Å². The highest BCUT2D eigenvalue weighted by Crippen LogP contribution is 2.53. The number of amides is 1. The number of aryl methyl sites for hydroxylation is 3. The normalized spacial score (nSPS) is 19.0. The molecule has 2 N–H and O–H groups in total. The van der Waals surface area contributed by atoms with E-state index >= 15 is 0 Å². The van der Waals surface area contributed by atoms with Gasteiger partial charge in [0.1, 0.15) is 24.3 Å². The maximum absolute atomic E-state index is 14.4. The van der Waals surface area contributed by atoms with Crippen LogP contribution in [0.3, 0.4) is 0 Å². The first kappa shape index (κ1) is 42.6. The van der Waals surface area contributed by atoms with E-state index in [0.29, 0.717) is 47.9 Å². The van der Waals surface area contributed by atoms with Crippen molar-refractivity contribution in [3.05, 3.63) is 123 Å². The van der Waals surface area contributed by atoms with Gasteiger partial charge in [-0.15, -0.1) is 0 Å². The topological polar surface area (TPSA) is 168 Å². The molecule has 0 bridgehead atoms. The molecule has 1 saturated heterocycles. The van der Waals surface area contributed by atoms with Crippen LogP contribution < -0.4 is 11.0 Å². The lowest BCUT2D eigenvalue weighted by atomic mass is 9.91. The molecule has 1 unspecified atom stereocenters. The van der Waals surface area contributed by atoms with E-state index in [4.69, 9.17) is 14.7 Å². The first-order valence-electron chi connectivity index (χ1n) is 21.4. The third kappa shape index (κ3) is 7.32. The summed E-state index contributed by atoms with van der Waals surface area (Å²) in [4.78, 5) is 44.0. The molecule has 3 aromatic carbocycles. The van der Waals surface area contributed by atoms with Crippen molar-refractivity contribution in [3.8, 4) is 17.2 Å². The van der Waals surface area contributed by atoms with Crippen LogP contribution in [0, 0.1) is 25.6 Å². The zero-order chi connectivity index (χ0) is 44.9. The molecule has 4 aromatic heterocycles. The van der Waals surface area contributed by atoms with Gasteiger partial charge in [0.15, 0.2) is 12.1 Å². The molecular weight excluding hydrogens is 820 g/mol. The van der Waals surface area contributed by atoms with Gasteiger partial charge in [-0.2, -0.15) is 10.2 Å². The average molecular weight is 871 g/mol. The molecule has 6 heterocycles. The second-order valence-corrected chi connectivity index (χ2v) is 17.0. The quantitative estimate of drug-likeness (QED) is 0.0813. The Labute approximate surface area is 368 Å². The van der Waals surface area contributed by atoms with Crippen molar-refractivity contribution in [2.45, 2.75) is 57.5 Å². The monoisotopic (exact) mass is 870 g/mol. The number of hydrogen-bond donors (Lipinski definition) is 2. The van der Waals surface area contributed by atoms with Gasteiger partial charge >= 0.3 is 5.69 Å². The molecule has 64 heavy (non-hydrogen) atoms. The summed E-state index contributed by atoms with van der Waals surface area (Å²) in [6.07, 6.45) is 9.97. The predicted molar refractivity (Wildman–Crippen MR) is 239 cm³/mol. The van der Waals surface area contributed by atoms with E-state index < -0.39 is 5.54 Å². The van der Waals surface area contributed by atoms with Crippen molar-refractivity contribution in [1.82, 2.24) is 43.5 Å². The largest absolute Gasteiger partial charge is 0.398 e. The van der Waals surface area contributed by atoms with Crippen molar-refractivity contribution >= 4 is 40.3 Å². The SMILES string of the molecule is CO/N=C(\NC=O)[C@]1(n2c(C=O)cc3cc(C4CCOCC4)ccc32)CC1CO.Cc1cc(-n2nc3c(c2-n2ccn(-c4ccc5c(cnn5C)c4)c2=O)CN(C)CC3)cc(C)c1F. The Bertz CT molecular complexity index is 2980. The van der Waals surface area contributed by atoms with Gasteiger partial charge in [-0.25, -0.2) is 13.9 Å². The van der Waals surface area contributed by atoms with Gasteiger partial charge in [-0.05, 0) is 111 Å². The number of rotatable bonds is 10. The Morgan fingerprint density at radius 1 is 1.00 bits per heavy atom. The number of nitrogens with zero attached hydrogens (tertiary/aromatic N) is 9. The number of hydrogen-bond acceptors (Lipinski definition) is 10. The Morgan fingerprint density at radius 2 is 1.75 bits per heavy atom. The Morgan fingerprint density at radius 3 is 2.45 bits per heavy atom. The number of oxime groups is 1. The number of aliphatic hydroxyl groups excluding tert-OH is 1. The molecule has 0 radical (unpaired) electrons. The number of carbonyl (C=O) groups is 2. The third-order valence-electron chi connectivity index (χ3n) is 13.0. The molecule has 0 spiro atoms. The van der Waals surface area contributed by atoms with Crippen molar-refractivity contribution in [2.75, 3.05) is 40.5 Å². The number of halogens is 1. The van der Waals surface area contributed by atoms with Crippen LogP contribution >= 0.6 is 0 Å². The standard InChI is InChI=1S/C26H26FN7O.C21H25N3O5/c1-16-11-20(12-17(2)24(16)27)34-25(21-15-30(3)8-7-22(21)29-34)33-10-9-32(26(33)35)19-5-6-23-18(13-19)14-28-31(23)4;1-28-23-20(22-13-27)21(10-17(21)11-25)24-18(12-26)9-16-8-15(2-3-19(16)24)14-4-6-29-7-5-14/h5-6,9-14H,7-8,15H2,1-4H3;2-3,8-9,12-14,17,25H,4-7,10-11H2,1H3,(H,22,23,27)/t;17?,21-/m.0/s1. The number of fused-ring (bicyclic) bond motifs is 3. The highest BCUT2D eigenvalue weighted by Gasteiger charge is 2.61. The molecule has 1 aliphatic carbocycles. The van der Waals surface area contributed by atoms with Crippen molar-refractivity contribution in [3.63, 3.8) is 0 Å². The van der Waals surface area contributed by atoms with E-state index in [1.807, 2.05) is 41.9 Å². The first-order chi connectivity index (χ1) is 31.0. The Hall–Kier alpha value is -6.69. The van der Waals surface area contributed by atoms with Crippen LogP contribution in [0.25, 0.3) is 39.0 Å². The number of ether oxygens (including phenoxy) is 1. The number of aliphatic hydroxyl groups is 1. The Kier molecular flexibility index (Phi) is 11.4. The van der Waals surface area contributed by atoms with Gasteiger partial charge in [0, 0.05) is 86.5 Å². The molecule has 1 saturated carbocycles. The predicted octanol–water partition coefficient (Wildman–Crippen LogP) is 5.21. The van der Waals surface area contributed by atoms with Crippen LogP contribution in [0.4, 0.5) is 4.39 Å². The summed E-state index contributed by atoms with van der Waals surface area (Å²) in [6, 6.07) is 17.5. The fourth-order valence-corrected chi connectivity index (χ4v) is 9.65. The molecule has 16 nitrogen and oxygen atoms in total. The van der Waals surface area contributed by atoms with Crippen LogP contribution in [-0.2, 0) is 39.9 Å². The molecule has 332 valence electrons. The van der Waals surface area contributed by atoms with Gasteiger partial charge < -0.3 is 29.5 Å². The van der Waals surface area contributed by atoms with Crippen LogP contribution in [0.5, 0.6) is 0 Å². The van der Waals surface area contributed by atoms with Crippen LogP contribution in [0.2, 0.25) is 0 Å². The molecule has 7 aromatic rings. The number of nitrogens with one attached hydrogen (secondary N) is 1. The molecule has 17 heteroatoms. The maximum atomic E-state index is 14.4. The van der Waals surface area contributed by atoms with E-state index in [1.54, 1.807) is 63.1 Å². The zero-order valence-electron chi connectivity index (χ0n) is 36.5. The highest BCUT2D eigenvalue weighted by atomic mass is 19.1. The first-order valence-corrected chi connectivity index (χ1v) is 21.4. The summed E-state index contributed by atoms with van der Waals surface area (Å²) in [5, 5.41) is 27.5. The second-order valence-electron chi connectivity index (χ2n) is 17.0. The van der Waals surface area contributed by atoms with Crippen LogP contribution in [0.1, 0.15) is 63.6 Å². The summed E-state index contributed by atoms with van der Waals surface area (Å²) in [5.74, 6) is 1.01. The average Bonchev–Trinajstić information content (AvgIpc) is 3.61. The van der Waals surface area contributed by atoms with E-state index in [0.717, 1.165) is 89.7 Å². The number of likely N-dealkylation sites (N-methyl/N-ethyl adjacent to an activating group) is 1. The third-order valence-corrected chi connectivity index (χ3v) is 13.0. The number of amidine groups is 1. The van der Waals surface area contributed by atoms with E-state index in [-0.39, 0.29) is 29.9 Å². The summed E-state index contributed by atoms with van der Waals surface area (Å²) in [5.41, 5.74) is 7.11. The number of carbonyl (C=O) groups excluding carboxylic acids is 2. The fourth-order valence-electron chi connectivity index (χ4n) is 9.65. The smallest absolute Gasteiger partial charge is 0.338 e. The van der Waals surface area contributed by atoms with Crippen LogP contribution in [-0.4, -0.2) is 102 Å². The minimum Gasteiger partial charge on any atom is -0.398 e. The number of imidazole rings is 1. The molecule has 2 aliphatic heterocycles. The highest BCUT2D eigenvalue weighted by molar-refractivity contribution is 6.01. The van der Waals surface area contributed by atoms with Gasteiger partial charge in [0.2, 0.25) is 6.41 Å².